The molecule has 0 heterocycles. The molecule has 0 aromatic rings. The van der Waals surface area contributed by atoms with E-state index in [2.05, 4.69) is 5.32 Å². The molecule has 0 saturated carbocycles. The van der Waals surface area contributed by atoms with E-state index in [0.717, 1.165) is 4.31 Å². The van der Waals surface area contributed by atoms with Crippen molar-refractivity contribution < 1.29 is 13.2 Å². The fourth-order valence-corrected chi connectivity index (χ4v) is 1.47. The van der Waals surface area contributed by atoms with Gasteiger partial charge < -0.3 is 10.2 Å². The zero-order chi connectivity index (χ0) is 12.1. The first-order chi connectivity index (χ1) is 6.81. The van der Waals surface area contributed by atoms with Gasteiger partial charge in [0.15, 0.2) is 0 Å². The number of rotatable bonds is 5. The molecular formula is C8H19N3O3S. The topological polar surface area (TPSA) is 69.7 Å². The van der Waals surface area contributed by atoms with Crippen molar-refractivity contribution in [3.8, 4) is 0 Å². The Morgan fingerprint density at radius 3 is 2.20 bits per heavy atom. The third-order valence-electron chi connectivity index (χ3n) is 2.01. The Morgan fingerprint density at radius 1 is 1.27 bits per heavy atom. The molecule has 1 N–H and O–H groups in total. The molecule has 90 valence electrons. The van der Waals surface area contributed by atoms with Crippen LogP contribution in [0, 0.1) is 0 Å². The van der Waals surface area contributed by atoms with Crippen LogP contribution in [0.2, 0.25) is 0 Å². The van der Waals surface area contributed by atoms with E-state index in [4.69, 9.17) is 0 Å². The lowest BCUT2D eigenvalue weighted by molar-refractivity contribution is 0.212. The maximum atomic E-state index is 11.3. The Kier molecular flexibility index (Phi) is 5.59. The van der Waals surface area contributed by atoms with E-state index in [1.165, 1.54) is 19.0 Å². The van der Waals surface area contributed by atoms with Gasteiger partial charge in [-0.25, -0.2) is 17.5 Å². The van der Waals surface area contributed by atoms with E-state index in [-0.39, 0.29) is 18.3 Å². The average molecular weight is 237 g/mol. The van der Waals surface area contributed by atoms with Crippen LogP contribution in [0.1, 0.15) is 6.92 Å². The number of nitrogens with one attached hydrogen (secondary N) is 1. The maximum Gasteiger partial charge on any atom is 0.317 e. The summed E-state index contributed by atoms with van der Waals surface area (Å²) in [5, 5.41) is 2.53. The quantitative estimate of drug-likeness (QED) is 0.703. The number of hydrogen-bond acceptors (Lipinski definition) is 3. The Bertz CT molecular complexity index is 300. The number of hydrogen-bond donors (Lipinski definition) is 1. The smallest absolute Gasteiger partial charge is 0.317 e. The highest BCUT2D eigenvalue weighted by Crippen LogP contribution is 1.92. The number of nitrogens with zero attached hydrogens (tertiary/aromatic N) is 2. The van der Waals surface area contributed by atoms with Crippen molar-refractivity contribution in [1.29, 1.82) is 0 Å². The van der Waals surface area contributed by atoms with Gasteiger partial charge in [0, 0.05) is 34.2 Å². The van der Waals surface area contributed by atoms with Crippen molar-refractivity contribution in [3.63, 3.8) is 0 Å². The van der Waals surface area contributed by atoms with E-state index in [9.17, 15) is 13.2 Å². The Morgan fingerprint density at radius 2 is 1.80 bits per heavy atom. The predicted molar refractivity (Wildman–Crippen MR) is 59.2 cm³/mol. The largest absolute Gasteiger partial charge is 0.337 e. The molecule has 0 bridgehead atoms. The van der Waals surface area contributed by atoms with Crippen molar-refractivity contribution >= 4 is 16.1 Å². The summed E-state index contributed by atoms with van der Waals surface area (Å²) in [5.74, 6) is -0.0801. The summed E-state index contributed by atoms with van der Waals surface area (Å²) in [6.45, 7) is 2.56. The summed E-state index contributed by atoms with van der Waals surface area (Å²) in [6, 6.07) is -0.258. The number of sulfonamides is 1. The summed E-state index contributed by atoms with van der Waals surface area (Å²) in [6.07, 6.45) is 0. The highest BCUT2D eigenvalue weighted by atomic mass is 32.2. The van der Waals surface area contributed by atoms with Gasteiger partial charge in [0.05, 0.1) is 5.75 Å². The summed E-state index contributed by atoms with van der Waals surface area (Å²) >= 11 is 0. The molecule has 6 nitrogen and oxygen atoms in total. The van der Waals surface area contributed by atoms with E-state index < -0.39 is 10.0 Å². The van der Waals surface area contributed by atoms with Crippen LogP contribution < -0.4 is 5.32 Å². The third-order valence-corrected chi connectivity index (χ3v) is 3.85. The first-order valence-corrected chi connectivity index (χ1v) is 6.31. The van der Waals surface area contributed by atoms with Crippen LogP contribution in [0.15, 0.2) is 0 Å². The van der Waals surface area contributed by atoms with Gasteiger partial charge in [-0.1, -0.05) is 0 Å². The van der Waals surface area contributed by atoms with Crippen molar-refractivity contribution in [2.75, 3.05) is 40.0 Å². The van der Waals surface area contributed by atoms with Gasteiger partial charge in [0.2, 0.25) is 10.0 Å². The first-order valence-electron chi connectivity index (χ1n) is 4.70. The number of amides is 2. The van der Waals surface area contributed by atoms with Crippen molar-refractivity contribution in [2.24, 2.45) is 0 Å². The minimum atomic E-state index is -3.23. The second-order valence-electron chi connectivity index (χ2n) is 3.34. The lowest BCUT2D eigenvalue weighted by Crippen LogP contribution is -2.40. The van der Waals surface area contributed by atoms with Gasteiger partial charge in [0.25, 0.3) is 0 Å². The molecule has 0 atom stereocenters. The van der Waals surface area contributed by atoms with Gasteiger partial charge in [0.1, 0.15) is 0 Å². The summed E-state index contributed by atoms with van der Waals surface area (Å²) in [4.78, 5) is 12.7. The van der Waals surface area contributed by atoms with Crippen LogP contribution in [0.25, 0.3) is 0 Å². The molecule has 15 heavy (non-hydrogen) atoms. The third kappa shape index (κ3) is 4.98. The highest BCUT2D eigenvalue weighted by molar-refractivity contribution is 7.89. The predicted octanol–water partition coefficient (Wildman–Crippen LogP) is -0.461. The van der Waals surface area contributed by atoms with Gasteiger partial charge in [-0.2, -0.15) is 0 Å². The second kappa shape index (κ2) is 5.92. The van der Waals surface area contributed by atoms with Gasteiger partial charge in [-0.3, -0.25) is 0 Å². The normalized spacial score (nSPS) is 11.5. The average Bonchev–Trinajstić information content (AvgIpc) is 2.15. The van der Waals surface area contributed by atoms with Crippen LogP contribution in [-0.2, 0) is 10.0 Å². The SMILES string of the molecule is CCN(C)C(=O)NCCS(=O)(=O)N(C)C. The molecule has 0 aliphatic heterocycles. The van der Waals surface area contributed by atoms with Crippen molar-refractivity contribution in [3.05, 3.63) is 0 Å². The molecule has 2 amide bonds. The Labute approximate surface area is 91.3 Å². The Hall–Kier alpha value is -0.820. The standard InChI is InChI=1S/C8H19N3O3S/c1-5-11(4)8(12)9-6-7-15(13,14)10(2)3/h5-7H2,1-4H3,(H,9,12). The molecule has 0 spiro atoms. The Balaban J connectivity index is 3.96. The molecule has 0 aromatic carbocycles. The highest BCUT2D eigenvalue weighted by Gasteiger charge is 2.14. The van der Waals surface area contributed by atoms with Gasteiger partial charge in [-0.15, -0.1) is 0 Å². The zero-order valence-electron chi connectivity index (χ0n) is 9.65. The van der Waals surface area contributed by atoms with E-state index in [1.807, 2.05) is 6.92 Å². The fourth-order valence-electron chi connectivity index (χ4n) is 0.748. The van der Waals surface area contributed by atoms with Gasteiger partial charge >= 0.3 is 6.03 Å². The van der Waals surface area contributed by atoms with E-state index in [0.29, 0.717) is 6.54 Å². The zero-order valence-corrected chi connectivity index (χ0v) is 10.5. The number of carbonyl (C=O) groups excluding carboxylic acids is 1. The van der Waals surface area contributed by atoms with E-state index in [1.54, 1.807) is 7.05 Å². The fraction of sp³-hybridized carbons (Fsp3) is 0.875. The van der Waals surface area contributed by atoms with Crippen LogP contribution in [0.4, 0.5) is 4.79 Å². The molecule has 0 fully saturated rings. The number of urea groups is 1. The second-order valence-corrected chi connectivity index (χ2v) is 5.65. The van der Waals surface area contributed by atoms with Crippen LogP contribution in [-0.4, -0.2) is 63.6 Å². The molecule has 0 aliphatic rings. The molecule has 0 unspecified atom stereocenters. The molecule has 0 aliphatic carbocycles. The molecule has 0 radical (unpaired) electrons. The summed E-state index contributed by atoms with van der Waals surface area (Å²) < 4.78 is 23.8. The summed E-state index contributed by atoms with van der Waals surface area (Å²) in [7, 11) is 1.36. The minimum absolute atomic E-state index is 0.0801. The van der Waals surface area contributed by atoms with Crippen molar-refractivity contribution in [1.82, 2.24) is 14.5 Å². The molecule has 0 saturated heterocycles. The van der Waals surface area contributed by atoms with Crippen molar-refractivity contribution in [2.45, 2.75) is 6.92 Å². The maximum absolute atomic E-state index is 11.3. The van der Waals surface area contributed by atoms with Crippen LogP contribution >= 0.6 is 0 Å². The monoisotopic (exact) mass is 237 g/mol. The first kappa shape index (κ1) is 14.2. The van der Waals surface area contributed by atoms with Crippen LogP contribution in [0.5, 0.6) is 0 Å². The minimum Gasteiger partial charge on any atom is -0.337 e. The molecular weight excluding hydrogens is 218 g/mol. The lowest BCUT2D eigenvalue weighted by atomic mass is 10.6. The molecule has 0 rings (SSSR count). The van der Waals surface area contributed by atoms with Crippen LogP contribution in [0.3, 0.4) is 0 Å². The molecule has 7 heteroatoms. The lowest BCUT2D eigenvalue weighted by Gasteiger charge is -2.16. The summed E-state index contributed by atoms with van der Waals surface area (Å²) in [5.41, 5.74) is 0. The van der Waals surface area contributed by atoms with Gasteiger partial charge in [-0.05, 0) is 6.92 Å². The molecule has 0 aromatic heterocycles. The van der Waals surface area contributed by atoms with E-state index >= 15 is 0 Å². The number of carbonyl (C=O) groups is 1.